The molecule has 0 amide bonds. The van der Waals surface area contributed by atoms with E-state index in [2.05, 4.69) is 0 Å². The molecule has 1 fully saturated rings. The maximum atomic E-state index is 7.00. The number of rotatable bonds is 0. The Bertz CT molecular complexity index is 22.4. The molecule has 0 heterocycles. The van der Waals surface area contributed by atoms with Crippen LogP contribution in [0.25, 0.3) is 0 Å². The van der Waals surface area contributed by atoms with Crippen LogP contribution in [0.1, 0.15) is 38.5 Å². The van der Waals surface area contributed by atoms with Gasteiger partial charge in [-0.25, -0.2) is 0 Å². The quantitative estimate of drug-likeness (QED) is 0.530. The van der Waals surface area contributed by atoms with Gasteiger partial charge < -0.3 is 10.6 Å². The van der Waals surface area contributed by atoms with Crippen molar-refractivity contribution in [3.8, 4) is 0 Å². The molecule has 58 valence electrons. The highest BCUT2D eigenvalue weighted by molar-refractivity contribution is 4.51. The van der Waals surface area contributed by atoms with Gasteiger partial charge in [0.05, 0.1) is 0 Å². The highest BCUT2D eigenvalue weighted by Gasteiger charge is 1.95. The predicted molar refractivity (Wildman–Crippen MR) is 39.5 cm³/mol. The first-order valence-corrected chi connectivity index (χ1v) is 3.45. The van der Waals surface area contributed by atoms with E-state index in [4.69, 9.17) is 5.11 Å². The first-order chi connectivity index (χ1) is 4.00. The number of hydrogen-bond donors (Lipinski definition) is 1. The van der Waals surface area contributed by atoms with E-state index >= 15 is 0 Å². The van der Waals surface area contributed by atoms with Gasteiger partial charge >= 0.3 is 0 Å². The first-order valence-electron chi connectivity index (χ1n) is 3.45. The van der Waals surface area contributed by atoms with E-state index < -0.39 is 0 Å². The molecule has 2 nitrogen and oxygen atoms in total. The highest BCUT2D eigenvalue weighted by atomic mass is 16.2. The molecule has 0 spiro atoms. The Kier molecular flexibility index (Phi) is 14.0. The monoisotopic (exact) mass is 134 g/mol. The Labute approximate surface area is 57.2 Å². The van der Waals surface area contributed by atoms with Crippen molar-refractivity contribution in [2.24, 2.45) is 0 Å². The molecule has 0 saturated heterocycles. The van der Waals surface area contributed by atoms with Gasteiger partial charge in [-0.05, 0) is 0 Å². The van der Waals surface area contributed by atoms with Crippen LogP contribution < -0.4 is 0 Å². The minimum atomic E-state index is 0. The van der Waals surface area contributed by atoms with E-state index in [1.165, 1.54) is 38.5 Å². The zero-order valence-corrected chi connectivity index (χ0v) is 6.19. The van der Waals surface area contributed by atoms with Crippen molar-refractivity contribution >= 4 is 0 Å². The Balaban J connectivity index is 0. The topological polar surface area (TPSA) is 51.7 Å². The Morgan fingerprint density at radius 3 is 0.889 bits per heavy atom. The van der Waals surface area contributed by atoms with Crippen molar-refractivity contribution in [2.45, 2.75) is 38.5 Å². The van der Waals surface area contributed by atoms with Crippen LogP contribution in [0, 0.1) is 0 Å². The summed E-state index contributed by atoms with van der Waals surface area (Å²) < 4.78 is 0. The molecule has 2 heteroatoms. The zero-order valence-electron chi connectivity index (χ0n) is 6.19. The molecule has 0 aromatic carbocycles. The molecule has 1 aliphatic carbocycles. The summed E-state index contributed by atoms with van der Waals surface area (Å²) in [6.45, 7) is 0. The van der Waals surface area contributed by atoms with E-state index in [1.807, 2.05) is 0 Å². The SMILES string of the molecule is C1CCCCC1.CO.O. The molecule has 1 rings (SSSR count). The maximum Gasteiger partial charge on any atom is 0.0319 e. The second kappa shape index (κ2) is 10.8. The number of hydrogen-bond acceptors (Lipinski definition) is 1. The van der Waals surface area contributed by atoms with E-state index in [9.17, 15) is 0 Å². The van der Waals surface area contributed by atoms with Crippen molar-refractivity contribution < 1.29 is 10.6 Å². The van der Waals surface area contributed by atoms with Gasteiger partial charge in [0.1, 0.15) is 0 Å². The lowest BCUT2D eigenvalue weighted by atomic mass is 10.0. The van der Waals surface area contributed by atoms with Gasteiger partial charge in [-0.15, -0.1) is 0 Å². The summed E-state index contributed by atoms with van der Waals surface area (Å²) in [7, 11) is 1.00. The molecule has 0 atom stereocenters. The fraction of sp³-hybridized carbons (Fsp3) is 1.00. The minimum absolute atomic E-state index is 0. The fourth-order valence-corrected chi connectivity index (χ4v) is 1.06. The van der Waals surface area contributed by atoms with Crippen LogP contribution in [0.2, 0.25) is 0 Å². The van der Waals surface area contributed by atoms with Crippen molar-refractivity contribution in [2.75, 3.05) is 7.11 Å². The van der Waals surface area contributed by atoms with Crippen LogP contribution in [0.3, 0.4) is 0 Å². The van der Waals surface area contributed by atoms with E-state index in [-0.39, 0.29) is 5.48 Å². The maximum absolute atomic E-state index is 7.00. The molecular formula is C7H18O2. The second-order valence-electron chi connectivity index (χ2n) is 2.12. The minimum Gasteiger partial charge on any atom is -0.412 e. The van der Waals surface area contributed by atoms with E-state index in [0.29, 0.717) is 0 Å². The molecule has 0 aliphatic heterocycles. The molecule has 0 bridgehead atoms. The van der Waals surface area contributed by atoms with Gasteiger partial charge in [0.25, 0.3) is 0 Å². The summed E-state index contributed by atoms with van der Waals surface area (Å²) in [5.41, 5.74) is 0. The van der Waals surface area contributed by atoms with Crippen LogP contribution in [-0.2, 0) is 0 Å². The summed E-state index contributed by atoms with van der Waals surface area (Å²) in [6.07, 6.45) is 9.00. The molecule has 9 heavy (non-hydrogen) atoms. The van der Waals surface area contributed by atoms with Gasteiger partial charge in [-0.1, -0.05) is 38.5 Å². The fourth-order valence-electron chi connectivity index (χ4n) is 1.06. The third kappa shape index (κ3) is 7.92. The molecule has 1 aliphatic rings. The number of aliphatic hydroxyl groups is 1. The van der Waals surface area contributed by atoms with Crippen molar-refractivity contribution in [3.63, 3.8) is 0 Å². The molecular weight excluding hydrogens is 116 g/mol. The Morgan fingerprint density at radius 2 is 0.778 bits per heavy atom. The van der Waals surface area contributed by atoms with Crippen LogP contribution in [0.15, 0.2) is 0 Å². The summed E-state index contributed by atoms with van der Waals surface area (Å²) in [5.74, 6) is 0. The van der Waals surface area contributed by atoms with Crippen molar-refractivity contribution in [3.05, 3.63) is 0 Å². The molecule has 0 aromatic rings. The average molecular weight is 134 g/mol. The Morgan fingerprint density at radius 1 is 0.667 bits per heavy atom. The van der Waals surface area contributed by atoms with Crippen LogP contribution in [-0.4, -0.2) is 17.7 Å². The summed E-state index contributed by atoms with van der Waals surface area (Å²) >= 11 is 0. The lowest BCUT2D eigenvalue weighted by molar-refractivity contribution is 0.399. The molecule has 0 aromatic heterocycles. The Hall–Kier alpha value is -0.0800. The lowest BCUT2D eigenvalue weighted by Gasteiger charge is -2.05. The molecule has 1 saturated carbocycles. The van der Waals surface area contributed by atoms with Gasteiger partial charge in [0.15, 0.2) is 0 Å². The van der Waals surface area contributed by atoms with E-state index in [0.717, 1.165) is 7.11 Å². The van der Waals surface area contributed by atoms with Crippen LogP contribution in [0.5, 0.6) is 0 Å². The summed E-state index contributed by atoms with van der Waals surface area (Å²) in [4.78, 5) is 0. The smallest absolute Gasteiger partial charge is 0.0319 e. The van der Waals surface area contributed by atoms with Crippen LogP contribution in [0.4, 0.5) is 0 Å². The normalized spacial score (nSPS) is 16.7. The third-order valence-corrected chi connectivity index (χ3v) is 1.50. The largest absolute Gasteiger partial charge is 0.412 e. The predicted octanol–water partition coefficient (Wildman–Crippen LogP) is 1.12. The van der Waals surface area contributed by atoms with Crippen LogP contribution >= 0.6 is 0 Å². The lowest BCUT2D eigenvalue weighted by Crippen LogP contribution is -1.85. The third-order valence-electron chi connectivity index (χ3n) is 1.50. The summed E-state index contributed by atoms with van der Waals surface area (Å²) in [5, 5.41) is 7.00. The molecule has 0 unspecified atom stereocenters. The summed E-state index contributed by atoms with van der Waals surface area (Å²) in [6, 6.07) is 0. The highest BCUT2D eigenvalue weighted by Crippen LogP contribution is 2.15. The zero-order chi connectivity index (χ0) is 6.24. The van der Waals surface area contributed by atoms with Gasteiger partial charge in [0, 0.05) is 7.11 Å². The molecule has 0 radical (unpaired) electrons. The average Bonchev–Trinajstić information content (AvgIpc) is 1.96. The van der Waals surface area contributed by atoms with Crippen molar-refractivity contribution in [1.82, 2.24) is 0 Å². The standard InChI is InChI=1S/C6H12.CH4O.H2O/c1-2-4-6-5-3-1;1-2;/h1-6H2;2H,1H3;1H2. The first kappa shape index (κ1) is 11.7. The van der Waals surface area contributed by atoms with Gasteiger partial charge in [-0.2, -0.15) is 0 Å². The molecule has 3 N–H and O–H groups in total. The van der Waals surface area contributed by atoms with Crippen molar-refractivity contribution in [1.29, 1.82) is 0 Å². The van der Waals surface area contributed by atoms with Gasteiger partial charge in [0.2, 0.25) is 0 Å². The second-order valence-corrected chi connectivity index (χ2v) is 2.12. The van der Waals surface area contributed by atoms with E-state index in [1.54, 1.807) is 0 Å². The number of aliphatic hydroxyl groups excluding tert-OH is 1. The van der Waals surface area contributed by atoms with Gasteiger partial charge in [-0.3, -0.25) is 0 Å².